The van der Waals surface area contributed by atoms with E-state index in [1.54, 1.807) is 59.2 Å². The van der Waals surface area contributed by atoms with Crippen molar-refractivity contribution in [1.29, 1.82) is 0 Å². The summed E-state index contributed by atoms with van der Waals surface area (Å²) in [6, 6.07) is 22.9. The summed E-state index contributed by atoms with van der Waals surface area (Å²) in [5, 5.41) is 7.70. The SMILES string of the molecule is C=C(CCN(C)C)CC(=O)c1ccc(-c2cnn3ccc(Nc4ccc(NS(=O)(=O)c5ccc(C)cc5)cc4)nc23)cc1. The molecule has 5 aromatic rings. The summed E-state index contributed by atoms with van der Waals surface area (Å²) in [5.74, 6) is 0.652. The smallest absolute Gasteiger partial charge is 0.261 e. The van der Waals surface area contributed by atoms with Crippen molar-refractivity contribution in [2.24, 2.45) is 0 Å². The van der Waals surface area contributed by atoms with Gasteiger partial charge in [-0.25, -0.2) is 17.9 Å². The Balaban J connectivity index is 1.27. The van der Waals surface area contributed by atoms with Crippen molar-refractivity contribution >= 4 is 38.6 Å². The van der Waals surface area contributed by atoms with Crippen molar-refractivity contribution in [3.63, 3.8) is 0 Å². The Morgan fingerprint density at radius 2 is 1.60 bits per heavy atom. The molecular weight excluding hydrogens is 560 g/mol. The summed E-state index contributed by atoms with van der Waals surface area (Å²) < 4.78 is 29.7. The number of hydrogen-bond acceptors (Lipinski definition) is 7. The molecule has 0 aliphatic carbocycles. The number of benzene rings is 3. The lowest BCUT2D eigenvalue weighted by molar-refractivity contribution is 0.0992. The molecule has 0 atom stereocenters. The second-order valence-electron chi connectivity index (χ2n) is 10.7. The van der Waals surface area contributed by atoms with E-state index in [-0.39, 0.29) is 10.7 Å². The van der Waals surface area contributed by atoms with E-state index in [9.17, 15) is 13.2 Å². The average molecular weight is 595 g/mol. The van der Waals surface area contributed by atoms with Gasteiger partial charge in [0.2, 0.25) is 0 Å². The molecule has 2 heterocycles. The van der Waals surface area contributed by atoms with Crippen LogP contribution in [0, 0.1) is 6.92 Å². The first-order valence-electron chi connectivity index (χ1n) is 13.8. The van der Waals surface area contributed by atoms with Crippen LogP contribution in [-0.2, 0) is 10.0 Å². The molecule has 0 aliphatic rings. The van der Waals surface area contributed by atoms with Gasteiger partial charge >= 0.3 is 0 Å². The summed E-state index contributed by atoms with van der Waals surface area (Å²) in [5.41, 5.74) is 6.13. The number of aromatic nitrogens is 3. The Bertz CT molecular complexity index is 1860. The van der Waals surface area contributed by atoms with E-state index in [4.69, 9.17) is 4.98 Å². The molecule has 0 aliphatic heterocycles. The molecule has 0 amide bonds. The summed E-state index contributed by atoms with van der Waals surface area (Å²) in [6.45, 7) is 6.83. The van der Waals surface area contributed by atoms with Gasteiger partial charge < -0.3 is 10.2 Å². The number of carbonyl (C=O) groups excluding carboxylic acids is 1. The number of fused-ring (bicyclic) bond motifs is 1. The maximum absolute atomic E-state index is 12.7. The molecule has 0 radical (unpaired) electrons. The van der Waals surface area contributed by atoms with E-state index in [0.717, 1.165) is 40.9 Å². The van der Waals surface area contributed by atoms with E-state index in [1.807, 2.05) is 57.5 Å². The number of hydrogen-bond donors (Lipinski definition) is 2. The van der Waals surface area contributed by atoms with E-state index in [0.29, 0.717) is 29.1 Å². The highest BCUT2D eigenvalue weighted by Crippen LogP contribution is 2.27. The second-order valence-corrected chi connectivity index (χ2v) is 12.4. The van der Waals surface area contributed by atoms with Gasteiger partial charge in [0.25, 0.3) is 10.0 Å². The van der Waals surface area contributed by atoms with Crippen LogP contribution in [0.5, 0.6) is 0 Å². The first-order chi connectivity index (χ1) is 20.6. The van der Waals surface area contributed by atoms with Crippen LogP contribution in [0.25, 0.3) is 16.8 Å². The van der Waals surface area contributed by atoms with E-state index in [1.165, 1.54) is 0 Å². The predicted molar refractivity (Wildman–Crippen MR) is 171 cm³/mol. The summed E-state index contributed by atoms with van der Waals surface area (Å²) in [7, 11) is 0.318. The van der Waals surface area contributed by atoms with E-state index < -0.39 is 10.0 Å². The highest BCUT2D eigenvalue weighted by molar-refractivity contribution is 7.92. The number of sulfonamides is 1. The van der Waals surface area contributed by atoms with Crippen LogP contribution in [0.2, 0.25) is 0 Å². The van der Waals surface area contributed by atoms with Crippen molar-refractivity contribution in [3.8, 4) is 11.1 Å². The third kappa shape index (κ3) is 7.35. The van der Waals surface area contributed by atoms with Crippen LogP contribution >= 0.6 is 0 Å². The molecule has 0 saturated carbocycles. The molecule has 9 nitrogen and oxygen atoms in total. The Kier molecular flexibility index (Phi) is 8.70. The van der Waals surface area contributed by atoms with Gasteiger partial charge in [-0.05, 0) is 75.5 Å². The van der Waals surface area contributed by atoms with Crippen LogP contribution in [0.3, 0.4) is 0 Å². The normalized spacial score (nSPS) is 11.5. The molecule has 2 aromatic heterocycles. The molecule has 43 heavy (non-hydrogen) atoms. The van der Waals surface area contributed by atoms with Crippen LogP contribution in [-0.4, -0.2) is 54.3 Å². The summed E-state index contributed by atoms with van der Waals surface area (Å²) >= 11 is 0. The molecule has 0 saturated heterocycles. The monoisotopic (exact) mass is 594 g/mol. The van der Waals surface area contributed by atoms with Gasteiger partial charge in [-0.1, -0.05) is 54.1 Å². The molecule has 3 aromatic carbocycles. The molecule has 220 valence electrons. The lowest BCUT2D eigenvalue weighted by Gasteiger charge is -2.11. The molecule has 0 unspecified atom stereocenters. The van der Waals surface area contributed by atoms with Crippen LogP contribution in [0.4, 0.5) is 17.2 Å². The lowest BCUT2D eigenvalue weighted by atomic mass is 9.99. The van der Waals surface area contributed by atoms with Gasteiger partial charge in [-0.15, -0.1) is 0 Å². The van der Waals surface area contributed by atoms with Gasteiger partial charge in [0.15, 0.2) is 11.4 Å². The average Bonchev–Trinajstić information content (AvgIpc) is 3.40. The molecule has 10 heteroatoms. The van der Waals surface area contributed by atoms with Crippen molar-refractivity contribution in [3.05, 3.63) is 115 Å². The lowest BCUT2D eigenvalue weighted by Crippen LogP contribution is -2.14. The molecule has 0 spiro atoms. The standard InChI is InChI=1S/C33H34N6O3S/c1-23-5-15-29(16-6-23)43(41,42)37-28-13-11-27(12-14-28)35-32-18-20-39-33(36-32)30(22-34-39)25-7-9-26(10-8-25)31(40)21-24(2)17-19-38(3)4/h5-16,18,20,22,37H,2,17,19,21H2,1,3-4H3,(H,35,36). The van der Waals surface area contributed by atoms with Gasteiger partial charge in [0.1, 0.15) is 5.82 Å². The van der Waals surface area contributed by atoms with Crippen LogP contribution in [0.15, 0.2) is 108 Å². The maximum Gasteiger partial charge on any atom is 0.261 e. The topological polar surface area (TPSA) is 109 Å². The highest BCUT2D eigenvalue weighted by atomic mass is 32.2. The first kappa shape index (κ1) is 29.7. The number of nitrogens with one attached hydrogen (secondary N) is 2. The molecular formula is C33H34N6O3S. The minimum Gasteiger partial charge on any atom is -0.340 e. The van der Waals surface area contributed by atoms with E-state index in [2.05, 4.69) is 26.6 Å². The van der Waals surface area contributed by atoms with Crippen molar-refractivity contribution in [2.75, 3.05) is 30.7 Å². The number of ketones is 1. The first-order valence-corrected chi connectivity index (χ1v) is 15.3. The Hall–Kier alpha value is -4.80. The number of anilines is 3. The zero-order chi connectivity index (χ0) is 30.6. The fourth-order valence-corrected chi connectivity index (χ4v) is 5.54. The maximum atomic E-state index is 12.7. The zero-order valence-electron chi connectivity index (χ0n) is 24.4. The van der Waals surface area contributed by atoms with Crippen LogP contribution in [0.1, 0.15) is 28.8 Å². The predicted octanol–water partition coefficient (Wildman–Crippen LogP) is 6.33. The highest BCUT2D eigenvalue weighted by Gasteiger charge is 2.15. The number of rotatable bonds is 12. The zero-order valence-corrected chi connectivity index (χ0v) is 25.2. The molecule has 0 fully saturated rings. The third-order valence-electron chi connectivity index (χ3n) is 6.95. The van der Waals surface area contributed by atoms with Gasteiger partial charge in [-0.3, -0.25) is 9.52 Å². The van der Waals surface area contributed by atoms with Crippen molar-refractivity contribution < 1.29 is 13.2 Å². The minimum absolute atomic E-state index is 0.0498. The summed E-state index contributed by atoms with van der Waals surface area (Å²) in [6.07, 6.45) is 4.69. The number of Topliss-reactive ketones (excluding diaryl/α,β-unsaturated/α-hetero) is 1. The number of carbonyl (C=O) groups is 1. The van der Waals surface area contributed by atoms with Gasteiger partial charge in [-0.2, -0.15) is 5.10 Å². The number of nitrogens with zero attached hydrogens (tertiary/aromatic N) is 4. The second kappa shape index (κ2) is 12.6. The molecule has 0 bridgehead atoms. The fourth-order valence-electron chi connectivity index (χ4n) is 4.48. The van der Waals surface area contributed by atoms with Crippen molar-refractivity contribution in [1.82, 2.24) is 19.5 Å². The third-order valence-corrected chi connectivity index (χ3v) is 8.35. The molecule has 2 N–H and O–H groups in total. The minimum atomic E-state index is -3.69. The van der Waals surface area contributed by atoms with Crippen molar-refractivity contribution in [2.45, 2.75) is 24.7 Å². The van der Waals surface area contributed by atoms with Gasteiger partial charge in [0.05, 0.1) is 11.1 Å². The van der Waals surface area contributed by atoms with Crippen LogP contribution < -0.4 is 10.0 Å². The summed E-state index contributed by atoms with van der Waals surface area (Å²) in [4.78, 5) is 19.8. The fraction of sp³-hybridized carbons (Fsp3) is 0.182. The Labute approximate surface area is 252 Å². The largest absolute Gasteiger partial charge is 0.340 e. The molecule has 5 rings (SSSR count). The Morgan fingerprint density at radius 3 is 2.28 bits per heavy atom. The van der Waals surface area contributed by atoms with E-state index >= 15 is 0 Å². The quantitative estimate of drug-likeness (QED) is 0.128. The Morgan fingerprint density at radius 1 is 0.930 bits per heavy atom. The van der Waals surface area contributed by atoms with Gasteiger partial charge in [0, 0.05) is 41.7 Å². The number of aryl methyl sites for hydroxylation is 1.